The SMILES string of the molecule is C[C@@H]1CN(c2cc(=O)n(C)c3ccc(C#N)nc23)[C@@H](C)CN1c1ccnc2ccc(F)cc12. The molecule has 7 nitrogen and oxygen atoms in total. The van der Waals surface area contributed by atoms with Crippen LogP contribution in [0.3, 0.4) is 0 Å². The van der Waals surface area contributed by atoms with Crippen LogP contribution in [-0.2, 0) is 7.05 Å². The molecule has 2 atom stereocenters. The summed E-state index contributed by atoms with van der Waals surface area (Å²) in [4.78, 5) is 26.1. The fourth-order valence-corrected chi connectivity index (χ4v) is 4.75. The molecule has 33 heavy (non-hydrogen) atoms. The third-order valence-electron chi connectivity index (χ3n) is 6.47. The average Bonchev–Trinajstić information content (AvgIpc) is 2.82. The van der Waals surface area contributed by atoms with Crippen molar-refractivity contribution in [3.8, 4) is 6.07 Å². The van der Waals surface area contributed by atoms with Crippen molar-refractivity contribution < 1.29 is 4.39 Å². The largest absolute Gasteiger partial charge is 0.364 e. The first-order valence-corrected chi connectivity index (χ1v) is 10.9. The Kier molecular flexibility index (Phi) is 4.97. The summed E-state index contributed by atoms with van der Waals surface area (Å²) in [5.74, 6) is -0.290. The Morgan fingerprint density at radius 3 is 2.48 bits per heavy atom. The van der Waals surface area contributed by atoms with Crippen LogP contribution in [0.2, 0.25) is 0 Å². The van der Waals surface area contributed by atoms with Gasteiger partial charge in [0.1, 0.15) is 23.1 Å². The summed E-state index contributed by atoms with van der Waals surface area (Å²) in [5, 5.41) is 10.1. The number of pyridine rings is 3. The van der Waals surface area contributed by atoms with Crippen LogP contribution >= 0.6 is 0 Å². The van der Waals surface area contributed by atoms with Gasteiger partial charge in [-0.15, -0.1) is 0 Å². The first-order chi connectivity index (χ1) is 15.9. The zero-order chi connectivity index (χ0) is 23.3. The van der Waals surface area contributed by atoms with Gasteiger partial charge in [0.05, 0.1) is 16.7 Å². The Hall–Kier alpha value is -3.99. The van der Waals surface area contributed by atoms with E-state index in [0.29, 0.717) is 29.8 Å². The fourth-order valence-electron chi connectivity index (χ4n) is 4.75. The molecule has 0 radical (unpaired) electrons. The molecule has 0 bridgehead atoms. The highest BCUT2D eigenvalue weighted by atomic mass is 19.1. The van der Waals surface area contributed by atoms with Crippen LogP contribution in [0.25, 0.3) is 21.9 Å². The number of halogens is 1. The van der Waals surface area contributed by atoms with Crippen LogP contribution in [0.1, 0.15) is 19.5 Å². The van der Waals surface area contributed by atoms with Crippen molar-refractivity contribution in [3.05, 3.63) is 70.5 Å². The zero-order valence-electron chi connectivity index (χ0n) is 18.7. The number of piperazine rings is 1. The van der Waals surface area contributed by atoms with E-state index in [1.54, 1.807) is 42.1 Å². The van der Waals surface area contributed by atoms with E-state index in [4.69, 9.17) is 0 Å². The lowest BCUT2D eigenvalue weighted by Crippen LogP contribution is -2.57. The second kappa shape index (κ2) is 7.85. The Morgan fingerprint density at radius 2 is 1.76 bits per heavy atom. The molecule has 4 heterocycles. The van der Waals surface area contributed by atoms with Gasteiger partial charge in [0.2, 0.25) is 0 Å². The molecular formula is C25H23FN6O. The number of anilines is 2. The van der Waals surface area contributed by atoms with Gasteiger partial charge in [-0.05, 0) is 50.2 Å². The highest BCUT2D eigenvalue weighted by molar-refractivity contribution is 5.92. The normalized spacial score (nSPS) is 18.6. The number of nitrogens with zero attached hydrogens (tertiary/aromatic N) is 6. The molecule has 4 aromatic rings. The summed E-state index contributed by atoms with van der Waals surface area (Å²) < 4.78 is 15.6. The predicted molar refractivity (Wildman–Crippen MR) is 127 cm³/mol. The van der Waals surface area contributed by atoms with Crippen LogP contribution in [0.4, 0.5) is 15.8 Å². The highest BCUT2D eigenvalue weighted by Gasteiger charge is 2.32. The van der Waals surface area contributed by atoms with E-state index < -0.39 is 0 Å². The number of aromatic nitrogens is 3. The maximum Gasteiger partial charge on any atom is 0.252 e. The van der Waals surface area contributed by atoms with E-state index >= 15 is 0 Å². The van der Waals surface area contributed by atoms with Gasteiger partial charge in [-0.25, -0.2) is 9.37 Å². The molecule has 1 aliphatic heterocycles. The van der Waals surface area contributed by atoms with Crippen molar-refractivity contribution in [2.75, 3.05) is 22.9 Å². The second-order valence-electron chi connectivity index (χ2n) is 8.60. The van der Waals surface area contributed by atoms with Gasteiger partial charge in [-0.2, -0.15) is 5.26 Å². The number of aryl methyl sites for hydroxylation is 1. The quantitative estimate of drug-likeness (QED) is 0.472. The minimum Gasteiger partial charge on any atom is -0.364 e. The molecule has 8 heteroatoms. The number of hydrogen-bond donors (Lipinski definition) is 0. The average molecular weight is 442 g/mol. The molecule has 1 aromatic carbocycles. The van der Waals surface area contributed by atoms with Crippen molar-refractivity contribution in [1.29, 1.82) is 5.26 Å². The lowest BCUT2D eigenvalue weighted by Gasteiger charge is -2.46. The number of benzene rings is 1. The summed E-state index contributed by atoms with van der Waals surface area (Å²) in [6.07, 6.45) is 1.75. The molecule has 0 aliphatic carbocycles. The number of nitriles is 1. The van der Waals surface area contributed by atoms with Crippen LogP contribution in [-0.4, -0.2) is 39.7 Å². The molecule has 1 saturated heterocycles. The third kappa shape index (κ3) is 3.46. The highest BCUT2D eigenvalue weighted by Crippen LogP contribution is 2.33. The Balaban J connectivity index is 1.57. The van der Waals surface area contributed by atoms with Gasteiger partial charge in [0.15, 0.2) is 0 Å². The molecule has 166 valence electrons. The van der Waals surface area contributed by atoms with Crippen molar-refractivity contribution in [1.82, 2.24) is 14.5 Å². The second-order valence-corrected chi connectivity index (χ2v) is 8.60. The molecular weight excluding hydrogens is 419 g/mol. The molecule has 1 fully saturated rings. The van der Waals surface area contributed by atoms with E-state index in [9.17, 15) is 14.4 Å². The first-order valence-electron chi connectivity index (χ1n) is 10.9. The lowest BCUT2D eigenvalue weighted by molar-refractivity contribution is 0.482. The smallest absolute Gasteiger partial charge is 0.252 e. The maximum atomic E-state index is 14.0. The van der Waals surface area contributed by atoms with Gasteiger partial charge in [-0.1, -0.05) is 0 Å². The summed E-state index contributed by atoms with van der Waals surface area (Å²) in [6.45, 7) is 5.52. The maximum absolute atomic E-state index is 14.0. The first kappa shape index (κ1) is 20.9. The fraction of sp³-hybridized carbons (Fsp3) is 0.280. The van der Waals surface area contributed by atoms with Gasteiger partial charge in [0, 0.05) is 55.6 Å². The number of fused-ring (bicyclic) bond motifs is 2. The molecule has 0 amide bonds. The van der Waals surface area contributed by atoms with Gasteiger partial charge in [0.25, 0.3) is 5.56 Å². The van der Waals surface area contributed by atoms with E-state index in [-0.39, 0.29) is 23.5 Å². The van der Waals surface area contributed by atoms with Crippen LogP contribution in [0.15, 0.2) is 53.5 Å². The molecule has 0 spiro atoms. The number of rotatable bonds is 2. The molecule has 0 unspecified atom stereocenters. The van der Waals surface area contributed by atoms with E-state index in [1.165, 1.54) is 12.1 Å². The van der Waals surface area contributed by atoms with Gasteiger partial charge < -0.3 is 14.4 Å². The molecule has 0 saturated carbocycles. The summed E-state index contributed by atoms with van der Waals surface area (Å²) in [6, 6.07) is 13.8. The Labute approximate surface area is 190 Å². The van der Waals surface area contributed by atoms with Gasteiger partial charge >= 0.3 is 0 Å². The minimum atomic E-state index is -0.290. The zero-order valence-corrected chi connectivity index (χ0v) is 18.7. The standard InChI is InChI=1S/C25H23FN6O/c1-15-14-32(23-11-24(33)30(3)22-7-5-18(12-27)29-25(22)23)16(2)13-31(15)21-8-9-28-20-6-4-17(26)10-19(20)21/h4-11,15-16H,13-14H2,1-3H3/t15-,16+/m1/s1. The summed E-state index contributed by atoms with van der Waals surface area (Å²) in [5.41, 5.74) is 3.94. The predicted octanol–water partition coefficient (Wildman–Crippen LogP) is 3.60. The van der Waals surface area contributed by atoms with Crippen LogP contribution < -0.4 is 15.4 Å². The minimum absolute atomic E-state index is 0.0424. The van der Waals surface area contributed by atoms with Crippen molar-refractivity contribution in [2.45, 2.75) is 25.9 Å². The van der Waals surface area contributed by atoms with E-state index in [1.807, 2.05) is 6.07 Å². The molecule has 5 rings (SSSR count). The van der Waals surface area contributed by atoms with Crippen molar-refractivity contribution >= 4 is 33.3 Å². The Bertz CT molecular complexity index is 1490. The summed E-state index contributed by atoms with van der Waals surface area (Å²) >= 11 is 0. The van der Waals surface area contributed by atoms with Crippen LogP contribution in [0.5, 0.6) is 0 Å². The molecule has 3 aromatic heterocycles. The molecule has 1 aliphatic rings. The van der Waals surface area contributed by atoms with E-state index in [2.05, 4.69) is 39.7 Å². The Morgan fingerprint density at radius 1 is 1.03 bits per heavy atom. The van der Waals surface area contributed by atoms with Gasteiger partial charge in [-0.3, -0.25) is 9.78 Å². The van der Waals surface area contributed by atoms with Crippen molar-refractivity contribution in [2.24, 2.45) is 7.05 Å². The number of hydrogen-bond acceptors (Lipinski definition) is 6. The lowest BCUT2D eigenvalue weighted by atomic mass is 10.0. The van der Waals surface area contributed by atoms with E-state index in [0.717, 1.165) is 22.3 Å². The van der Waals surface area contributed by atoms with Crippen molar-refractivity contribution in [3.63, 3.8) is 0 Å². The third-order valence-corrected chi connectivity index (χ3v) is 6.47. The van der Waals surface area contributed by atoms with Crippen LogP contribution in [0, 0.1) is 17.1 Å². The summed E-state index contributed by atoms with van der Waals surface area (Å²) in [7, 11) is 1.71. The molecule has 0 N–H and O–H groups in total. The topological polar surface area (TPSA) is 78.0 Å². The monoisotopic (exact) mass is 442 g/mol.